The van der Waals surface area contributed by atoms with Gasteiger partial charge in [-0.05, 0) is 38.8 Å². The summed E-state index contributed by atoms with van der Waals surface area (Å²) in [6.45, 7) is 5.93. The lowest BCUT2D eigenvalue weighted by Gasteiger charge is -2.18. The summed E-state index contributed by atoms with van der Waals surface area (Å²) in [5.74, 6) is 0.699. The van der Waals surface area contributed by atoms with Crippen molar-refractivity contribution in [3.8, 4) is 0 Å². The van der Waals surface area contributed by atoms with Gasteiger partial charge in [0.2, 0.25) is 0 Å². The molecule has 18 heavy (non-hydrogen) atoms. The van der Waals surface area contributed by atoms with Crippen LogP contribution in [-0.4, -0.2) is 51.1 Å². The lowest BCUT2D eigenvalue weighted by atomic mass is 10.0. The van der Waals surface area contributed by atoms with E-state index in [0.29, 0.717) is 24.9 Å². The van der Waals surface area contributed by atoms with Crippen LogP contribution in [0.25, 0.3) is 0 Å². The number of amides is 1. The molecule has 2 aliphatic heterocycles. The van der Waals surface area contributed by atoms with E-state index in [1.165, 1.54) is 4.31 Å². The lowest BCUT2D eigenvalue weighted by molar-refractivity contribution is 0.121. The molecule has 0 bridgehead atoms. The molecule has 0 spiro atoms. The fourth-order valence-electron chi connectivity index (χ4n) is 2.42. The van der Waals surface area contributed by atoms with E-state index in [1.54, 1.807) is 13.8 Å². The third-order valence-electron chi connectivity index (χ3n) is 3.25. The summed E-state index contributed by atoms with van der Waals surface area (Å²) in [7, 11) is -3.77. The summed E-state index contributed by atoms with van der Waals surface area (Å²) in [5, 5.41) is 3.23. The Balaban J connectivity index is 1.93. The fourth-order valence-corrected chi connectivity index (χ4v) is 3.58. The molecule has 2 fully saturated rings. The number of ether oxygens (including phenoxy) is 1. The largest absolute Gasteiger partial charge is 0.446 e. The second-order valence-electron chi connectivity index (χ2n) is 5.06. The van der Waals surface area contributed by atoms with Gasteiger partial charge in [0.15, 0.2) is 0 Å². The van der Waals surface area contributed by atoms with Gasteiger partial charge in [0.05, 0.1) is 6.10 Å². The van der Waals surface area contributed by atoms with Crippen LogP contribution in [0.3, 0.4) is 0 Å². The smallest absolute Gasteiger partial charge is 0.422 e. The second-order valence-corrected chi connectivity index (χ2v) is 6.73. The van der Waals surface area contributed by atoms with Gasteiger partial charge >= 0.3 is 16.3 Å². The predicted molar refractivity (Wildman–Crippen MR) is 65.1 cm³/mol. The van der Waals surface area contributed by atoms with Crippen LogP contribution in [0.1, 0.15) is 13.8 Å². The van der Waals surface area contributed by atoms with Gasteiger partial charge in [-0.1, -0.05) is 0 Å². The van der Waals surface area contributed by atoms with Crippen molar-refractivity contribution in [2.45, 2.75) is 20.0 Å². The van der Waals surface area contributed by atoms with Crippen molar-refractivity contribution in [3.05, 3.63) is 0 Å². The highest BCUT2D eigenvalue weighted by Crippen LogP contribution is 2.27. The van der Waals surface area contributed by atoms with E-state index >= 15 is 0 Å². The Labute approximate surface area is 107 Å². The van der Waals surface area contributed by atoms with Crippen LogP contribution in [0.5, 0.6) is 0 Å². The number of hydrogen-bond donors (Lipinski definition) is 2. The Bertz CT molecular complexity index is 411. The van der Waals surface area contributed by atoms with E-state index in [-0.39, 0.29) is 6.10 Å². The van der Waals surface area contributed by atoms with Crippen molar-refractivity contribution in [2.75, 3.05) is 26.2 Å². The summed E-state index contributed by atoms with van der Waals surface area (Å²) in [4.78, 5) is 11.3. The average molecular weight is 277 g/mol. The summed E-state index contributed by atoms with van der Waals surface area (Å²) >= 11 is 0. The van der Waals surface area contributed by atoms with E-state index in [2.05, 4.69) is 5.32 Å². The zero-order valence-electron chi connectivity index (χ0n) is 10.5. The molecule has 0 radical (unpaired) electrons. The molecule has 2 unspecified atom stereocenters. The standard InChI is InChI=1S/C10H19N3O4S/c1-7(2)17-10(14)12-18(15,16)13-5-8-3-11-4-9(8)6-13/h7-9,11H,3-6H2,1-2H3,(H,12,14). The fraction of sp³-hybridized carbons (Fsp3) is 0.900. The first-order valence-electron chi connectivity index (χ1n) is 6.07. The molecule has 2 atom stereocenters. The molecular formula is C10H19N3O4S. The van der Waals surface area contributed by atoms with Gasteiger partial charge in [0.1, 0.15) is 0 Å². The molecule has 0 aliphatic carbocycles. The van der Waals surface area contributed by atoms with Gasteiger partial charge in [0.25, 0.3) is 0 Å². The second kappa shape index (κ2) is 5.02. The van der Waals surface area contributed by atoms with Gasteiger partial charge < -0.3 is 10.1 Å². The van der Waals surface area contributed by atoms with Crippen molar-refractivity contribution in [1.29, 1.82) is 0 Å². The zero-order chi connectivity index (χ0) is 13.3. The number of nitrogens with one attached hydrogen (secondary N) is 2. The zero-order valence-corrected chi connectivity index (χ0v) is 11.4. The highest BCUT2D eigenvalue weighted by molar-refractivity contribution is 7.87. The molecule has 0 saturated carbocycles. The molecule has 8 heteroatoms. The number of rotatable bonds is 3. The first kappa shape index (κ1) is 13.6. The number of hydrogen-bond acceptors (Lipinski definition) is 5. The molecule has 104 valence electrons. The maximum atomic E-state index is 11.9. The van der Waals surface area contributed by atoms with E-state index < -0.39 is 16.3 Å². The van der Waals surface area contributed by atoms with Gasteiger partial charge in [-0.25, -0.2) is 9.52 Å². The highest BCUT2D eigenvalue weighted by atomic mass is 32.2. The Hall–Kier alpha value is -0.860. The lowest BCUT2D eigenvalue weighted by Crippen LogP contribution is -2.44. The first-order chi connectivity index (χ1) is 8.38. The topological polar surface area (TPSA) is 87.7 Å². The Morgan fingerprint density at radius 3 is 2.39 bits per heavy atom. The van der Waals surface area contributed by atoms with Crippen LogP contribution < -0.4 is 10.0 Å². The Morgan fingerprint density at radius 1 is 1.33 bits per heavy atom. The minimum Gasteiger partial charge on any atom is -0.446 e. The van der Waals surface area contributed by atoms with Gasteiger partial charge in [-0.2, -0.15) is 12.7 Å². The van der Waals surface area contributed by atoms with Gasteiger partial charge in [-0.15, -0.1) is 0 Å². The van der Waals surface area contributed by atoms with Crippen LogP contribution in [0, 0.1) is 11.8 Å². The SMILES string of the molecule is CC(C)OC(=O)NS(=O)(=O)N1CC2CNCC2C1. The van der Waals surface area contributed by atoms with Gasteiger partial charge in [0, 0.05) is 13.1 Å². The third kappa shape index (κ3) is 2.93. The Kier molecular flexibility index (Phi) is 3.79. The first-order valence-corrected chi connectivity index (χ1v) is 7.51. The number of fused-ring (bicyclic) bond motifs is 1. The van der Waals surface area contributed by atoms with Crippen LogP contribution >= 0.6 is 0 Å². The van der Waals surface area contributed by atoms with Crippen LogP contribution in [0.4, 0.5) is 4.79 Å². The monoisotopic (exact) mass is 277 g/mol. The molecule has 7 nitrogen and oxygen atoms in total. The summed E-state index contributed by atoms with van der Waals surface area (Å²) in [6.07, 6.45) is -1.26. The molecule has 2 saturated heterocycles. The average Bonchev–Trinajstić information content (AvgIpc) is 2.72. The maximum absolute atomic E-state index is 11.9. The van der Waals surface area contributed by atoms with E-state index in [0.717, 1.165) is 13.1 Å². The molecule has 1 amide bonds. The highest BCUT2D eigenvalue weighted by Gasteiger charge is 2.41. The number of nitrogens with zero attached hydrogens (tertiary/aromatic N) is 1. The van der Waals surface area contributed by atoms with Crippen molar-refractivity contribution in [1.82, 2.24) is 14.3 Å². The normalized spacial score (nSPS) is 28.4. The van der Waals surface area contributed by atoms with E-state index in [1.807, 2.05) is 4.72 Å². The van der Waals surface area contributed by atoms with E-state index in [9.17, 15) is 13.2 Å². The minimum absolute atomic E-state index is 0.345. The van der Waals surface area contributed by atoms with E-state index in [4.69, 9.17) is 4.74 Å². The molecule has 0 aromatic heterocycles. The summed E-state index contributed by atoms with van der Waals surface area (Å²) in [6, 6.07) is 0. The van der Waals surface area contributed by atoms with Crippen LogP contribution in [-0.2, 0) is 14.9 Å². The third-order valence-corrected chi connectivity index (χ3v) is 4.65. The molecule has 2 heterocycles. The Morgan fingerprint density at radius 2 is 1.89 bits per heavy atom. The van der Waals surface area contributed by atoms with Crippen molar-refractivity contribution in [3.63, 3.8) is 0 Å². The molecule has 2 N–H and O–H groups in total. The number of carbonyl (C=O) groups is 1. The quantitative estimate of drug-likeness (QED) is 0.727. The van der Waals surface area contributed by atoms with Crippen molar-refractivity contribution < 1.29 is 17.9 Å². The van der Waals surface area contributed by atoms with Crippen LogP contribution in [0.15, 0.2) is 0 Å². The van der Waals surface area contributed by atoms with Crippen LogP contribution in [0.2, 0.25) is 0 Å². The minimum atomic E-state index is -3.77. The molecule has 0 aromatic carbocycles. The van der Waals surface area contributed by atoms with Gasteiger partial charge in [-0.3, -0.25) is 0 Å². The summed E-state index contributed by atoms with van der Waals surface area (Å²) in [5.41, 5.74) is 0. The molecule has 2 aliphatic rings. The maximum Gasteiger partial charge on any atom is 0.422 e. The van der Waals surface area contributed by atoms with Crippen molar-refractivity contribution >= 4 is 16.3 Å². The summed E-state index contributed by atoms with van der Waals surface area (Å²) < 4.78 is 31.9. The molecular weight excluding hydrogens is 258 g/mol. The predicted octanol–water partition coefficient (Wildman–Crippen LogP) is -0.483. The number of carbonyl (C=O) groups excluding carboxylic acids is 1. The molecule has 0 aromatic rings. The van der Waals surface area contributed by atoms with Crippen molar-refractivity contribution in [2.24, 2.45) is 11.8 Å². The molecule has 2 rings (SSSR count).